The smallest absolute Gasteiger partial charge is 0.320 e. The highest BCUT2D eigenvalue weighted by Crippen LogP contribution is 2.23. The molecule has 110 valence electrons. The van der Waals surface area contributed by atoms with Crippen molar-refractivity contribution in [3.05, 3.63) is 42.1 Å². The van der Waals surface area contributed by atoms with Crippen LogP contribution in [0.1, 0.15) is 31.2 Å². The van der Waals surface area contributed by atoms with E-state index in [1.54, 1.807) is 0 Å². The molecule has 0 saturated carbocycles. The van der Waals surface area contributed by atoms with Crippen molar-refractivity contribution < 1.29 is 9.90 Å². The Hall–Kier alpha value is -1.94. The molecule has 1 aliphatic rings. The van der Waals surface area contributed by atoms with Crippen LogP contribution in [0.15, 0.2) is 36.5 Å². The number of aromatic nitrogens is 1. The Kier molecular flexibility index (Phi) is 4.15. The predicted octanol–water partition coefficient (Wildman–Crippen LogP) is 3.06. The van der Waals surface area contributed by atoms with Crippen molar-refractivity contribution in [2.45, 2.75) is 38.3 Å². The highest BCUT2D eigenvalue weighted by Gasteiger charge is 2.27. The van der Waals surface area contributed by atoms with Crippen molar-refractivity contribution in [3.8, 4) is 0 Å². The van der Waals surface area contributed by atoms with Gasteiger partial charge in [-0.1, -0.05) is 31.0 Å². The van der Waals surface area contributed by atoms with Crippen LogP contribution in [0.5, 0.6) is 0 Å². The number of benzene rings is 1. The highest BCUT2D eigenvalue weighted by atomic mass is 16.4. The Balaban J connectivity index is 1.90. The molecule has 0 spiro atoms. The molecule has 21 heavy (non-hydrogen) atoms. The Labute approximate surface area is 124 Å². The Morgan fingerprint density at radius 3 is 2.95 bits per heavy atom. The number of likely N-dealkylation sites (tertiary alicyclic amines) is 1. The van der Waals surface area contributed by atoms with E-state index in [1.807, 2.05) is 30.5 Å². The summed E-state index contributed by atoms with van der Waals surface area (Å²) >= 11 is 0. The maximum absolute atomic E-state index is 11.5. The van der Waals surface area contributed by atoms with E-state index < -0.39 is 5.97 Å². The quantitative estimate of drug-likeness (QED) is 0.941. The van der Waals surface area contributed by atoms with Crippen molar-refractivity contribution in [2.75, 3.05) is 6.54 Å². The molecule has 1 fully saturated rings. The number of para-hydroxylation sites is 1. The third-order valence-corrected chi connectivity index (χ3v) is 4.26. The molecule has 1 atom stereocenters. The fourth-order valence-corrected chi connectivity index (χ4v) is 3.15. The molecule has 1 aromatic heterocycles. The van der Waals surface area contributed by atoms with Crippen LogP contribution in [0.4, 0.5) is 0 Å². The number of hydrogen-bond acceptors (Lipinski definition) is 3. The molecule has 0 radical (unpaired) electrons. The average molecular weight is 284 g/mol. The zero-order chi connectivity index (χ0) is 14.7. The van der Waals surface area contributed by atoms with Crippen molar-refractivity contribution in [1.29, 1.82) is 0 Å². The minimum Gasteiger partial charge on any atom is -0.480 e. The van der Waals surface area contributed by atoms with Crippen LogP contribution >= 0.6 is 0 Å². The molecule has 2 heterocycles. The zero-order valence-electron chi connectivity index (χ0n) is 12.0. The molecule has 0 amide bonds. The summed E-state index contributed by atoms with van der Waals surface area (Å²) in [5.41, 5.74) is 2.13. The normalized spacial score (nSPS) is 20.3. The van der Waals surface area contributed by atoms with Crippen LogP contribution in [0.2, 0.25) is 0 Å². The monoisotopic (exact) mass is 284 g/mol. The minimum atomic E-state index is -0.699. The van der Waals surface area contributed by atoms with Crippen LogP contribution in [-0.2, 0) is 11.3 Å². The summed E-state index contributed by atoms with van der Waals surface area (Å²) in [4.78, 5) is 18.0. The van der Waals surface area contributed by atoms with Crippen LogP contribution < -0.4 is 0 Å². The number of nitrogens with zero attached hydrogens (tertiary/aromatic N) is 2. The van der Waals surface area contributed by atoms with Crippen LogP contribution in [0, 0.1) is 0 Å². The molecular weight excluding hydrogens is 264 g/mol. The van der Waals surface area contributed by atoms with Gasteiger partial charge in [-0.15, -0.1) is 0 Å². The SMILES string of the molecule is O=C(O)C1CCCCCN1Cc1ccnc2ccccc12. The summed E-state index contributed by atoms with van der Waals surface area (Å²) in [5.74, 6) is -0.699. The molecule has 1 saturated heterocycles. The lowest BCUT2D eigenvalue weighted by atomic mass is 10.1. The first-order chi connectivity index (χ1) is 10.3. The van der Waals surface area contributed by atoms with E-state index in [-0.39, 0.29) is 6.04 Å². The van der Waals surface area contributed by atoms with E-state index in [9.17, 15) is 9.90 Å². The number of carbonyl (C=O) groups is 1. The van der Waals surface area contributed by atoms with Crippen molar-refractivity contribution >= 4 is 16.9 Å². The first kappa shape index (κ1) is 14.0. The molecule has 1 aromatic carbocycles. The number of hydrogen-bond donors (Lipinski definition) is 1. The van der Waals surface area contributed by atoms with Gasteiger partial charge in [0.05, 0.1) is 5.52 Å². The average Bonchev–Trinajstić information content (AvgIpc) is 2.73. The van der Waals surface area contributed by atoms with Gasteiger partial charge in [0.2, 0.25) is 0 Å². The van der Waals surface area contributed by atoms with Crippen LogP contribution in [0.3, 0.4) is 0 Å². The highest BCUT2D eigenvalue weighted by molar-refractivity contribution is 5.82. The summed E-state index contributed by atoms with van der Waals surface area (Å²) < 4.78 is 0. The van der Waals surface area contributed by atoms with Gasteiger partial charge in [0.1, 0.15) is 6.04 Å². The predicted molar refractivity (Wildman–Crippen MR) is 82.0 cm³/mol. The second-order valence-electron chi connectivity index (χ2n) is 5.66. The Bertz CT molecular complexity index is 636. The van der Waals surface area contributed by atoms with E-state index in [0.29, 0.717) is 6.54 Å². The third-order valence-electron chi connectivity index (χ3n) is 4.26. The van der Waals surface area contributed by atoms with Crippen molar-refractivity contribution in [1.82, 2.24) is 9.88 Å². The van der Waals surface area contributed by atoms with Crippen molar-refractivity contribution in [2.24, 2.45) is 0 Å². The molecule has 1 unspecified atom stereocenters. The Morgan fingerprint density at radius 1 is 1.24 bits per heavy atom. The first-order valence-electron chi connectivity index (χ1n) is 7.55. The summed E-state index contributed by atoms with van der Waals surface area (Å²) in [7, 11) is 0. The molecule has 4 nitrogen and oxygen atoms in total. The van der Waals surface area contributed by atoms with Gasteiger partial charge in [-0.3, -0.25) is 14.7 Å². The zero-order valence-corrected chi connectivity index (χ0v) is 12.0. The molecule has 3 rings (SSSR count). The number of rotatable bonds is 3. The number of carboxylic acids is 1. The van der Waals surface area contributed by atoms with Gasteiger partial charge < -0.3 is 5.11 Å². The lowest BCUT2D eigenvalue weighted by Crippen LogP contribution is -2.40. The number of carboxylic acid groups (broad SMARTS) is 1. The van der Waals surface area contributed by atoms with Gasteiger partial charge in [0.15, 0.2) is 0 Å². The fourth-order valence-electron chi connectivity index (χ4n) is 3.15. The Morgan fingerprint density at radius 2 is 2.10 bits per heavy atom. The molecule has 0 aliphatic carbocycles. The second kappa shape index (κ2) is 6.22. The second-order valence-corrected chi connectivity index (χ2v) is 5.66. The molecular formula is C17H20N2O2. The summed E-state index contributed by atoms with van der Waals surface area (Å²) in [6.45, 7) is 1.54. The standard InChI is InChI=1S/C17H20N2O2/c20-17(21)16-8-2-1-5-11-19(16)12-13-9-10-18-15-7-4-3-6-14(13)15/h3-4,6-7,9-10,16H,1-2,5,8,11-12H2,(H,20,21). The van der Waals surface area contributed by atoms with Gasteiger partial charge in [-0.05, 0) is 37.1 Å². The molecule has 4 heteroatoms. The number of fused-ring (bicyclic) bond motifs is 1. The lowest BCUT2D eigenvalue weighted by Gasteiger charge is -2.27. The molecule has 0 bridgehead atoms. The third kappa shape index (κ3) is 3.05. The lowest BCUT2D eigenvalue weighted by molar-refractivity contribution is -0.143. The van der Waals surface area contributed by atoms with Gasteiger partial charge in [0, 0.05) is 18.1 Å². The molecule has 1 N–H and O–H groups in total. The summed E-state index contributed by atoms with van der Waals surface area (Å²) in [6.07, 6.45) is 5.76. The van der Waals surface area contributed by atoms with Gasteiger partial charge in [-0.25, -0.2) is 0 Å². The van der Waals surface area contributed by atoms with Gasteiger partial charge >= 0.3 is 5.97 Å². The maximum atomic E-state index is 11.5. The van der Waals surface area contributed by atoms with Crippen LogP contribution in [0.25, 0.3) is 10.9 Å². The summed E-state index contributed by atoms with van der Waals surface area (Å²) in [6, 6.07) is 9.68. The van der Waals surface area contributed by atoms with Gasteiger partial charge in [0.25, 0.3) is 0 Å². The maximum Gasteiger partial charge on any atom is 0.320 e. The molecule has 1 aliphatic heterocycles. The summed E-state index contributed by atoms with van der Waals surface area (Å²) in [5, 5.41) is 10.6. The van der Waals surface area contributed by atoms with E-state index in [0.717, 1.165) is 48.7 Å². The first-order valence-corrected chi connectivity index (χ1v) is 7.55. The van der Waals surface area contributed by atoms with E-state index in [1.165, 1.54) is 0 Å². The van der Waals surface area contributed by atoms with Crippen molar-refractivity contribution in [3.63, 3.8) is 0 Å². The minimum absolute atomic E-state index is 0.362. The topological polar surface area (TPSA) is 53.4 Å². The fraction of sp³-hybridized carbons (Fsp3) is 0.412. The van der Waals surface area contributed by atoms with E-state index >= 15 is 0 Å². The van der Waals surface area contributed by atoms with Gasteiger partial charge in [-0.2, -0.15) is 0 Å². The molecule has 2 aromatic rings. The van der Waals surface area contributed by atoms with E-state index in [2.05, 4.69) is 16.0 Å². The number of pyridine rings is 1. The largest absolute Gasteiger partial charge is 0.480 e. The van der Waals surface area contributed by atoms with Crippen LogP contribution in [-0.4, -0.2) is 33.5 Å². The number of aliphatic carboxylic acids is 1. The van der Waals surface area contributed by atoms with E-state index in [4.69, 9.17) is 0 Å².